The van der Waals surface area contributed by atoms with Gasteiger partial charge >= 0.3 is 18.0 Å². The molecular formula is C15H27NO6. The second kappa shape index (κ2) is 9.27. The van der Waals surface area contributed by atoms with Gasteiger partial charge in [-0.3, -0.25) is 9.59 Å². The number of carboxylic acids is 1. The van der Waals surface area contributed by atoms with E-state index in [1.807, 2.05) is 13.8 Å². The van der Waals surface area contributed by atoms with E-state index >= 15 is 0 Å². The number of ether oxygens (including phenoxy) is 2. The third-order valence-corrected chi connectivity index (χ3v) is 3.30. The molecule has 0 aromatic rings. The van der Waals surface area contributed by atoms with Gasteiger partial charge in [0.15, 0.2) is 0 Å². The zero-order valence-electron chi connectivity index (χ0n) is 14.0. The van der Waals surface area contributed by atoms with Gasteiger partial charge in [0.1, 0.15) is 0 Å². The van der Waals surface area contributed by atoms with Crippen LogP contribution in [0.5, 0.6) is 0 Å². The van der Waals surface area contributed by atoms with Crippen LogP contribution in [0.1, 0.15) is 60.3 Å². The topological polar surface area (TPSA) is 102 Å². The number of hydrogen-bond donors (Lipinski definition) is 2. The van der Waals surface area contributed by atoms with Crippen molar-refractivity contribution < 1.29 is 29.0 Å². The van der Waals surface area contributed by atoms with Crippen molar-refractivity contribution in [1.82, 2.24) is 5.32 Å². The van der Waals surface area contributed by atoms with Crippen LogP contribution in [0.15, 0.2) is 0 Å². The number of esters is 1. The van der Waals surface area contributed by atoms with Crippen molar-refractivity contribution in [3.05, 3.63) is 0 Å². The zero-order valence-corrected chi connectivity index (χ0v) is 14.0. The Labute approximate surface area is 131 Å². The maximum atomic E-state index is 11.9. The van der Waals surface area contributed by atoms with E-state index in [1.165, 1.54) is 6.92 Å². The molecule has 0 spiro atoms. The number of carbonyl (C=O) groups is 3. The van der Waals surface area contributed by atoms with Crippen LogP contribution in [-0.2, 0) is 19.1 Å². The van der Waals surface area contributed by atoms with Crippen molar-refractivity contribution >= 4 is 18.0 Å². The van der Waals surface area contributed by atoms with Gasteiger partial charge in [0.05, 0.1) is 12.0 Å². The normalized spacial score (nSPS) is 16.0. The molecule has 0 saturated heterocycles. The summed E-state index contributed by atoms with van der Waals surface area (Å²) < 4.78 is 9.76. The Morgan fingerprint density at radius 1 is 1.18 bits per heavy atom. The minimum atomic E-state index is -1.02. The molecular weight excluding hydrogens is 290 g/mol. The molecule has 0 aromatic heterocycles. The highest BCUT2D eigenvalue weighted by Gasteiger charge is 2.32. The lowest BCUT2D eigenvalue weighted by Crippen LogP contribution is -2.49. The van der Waals surface area contributed by atoms with Crippen molar-refractivity contribution in [2.45, 2.75) is 72.1 Å². The molecule has 128 valence electrons. The summed E-state index contributed by atoms with van der Waals surface area (Å²) in [5.74, 6) is -1.23. The predicted octanol–water partition coefficient (Wildman–Crippen LogP) is 2.68. The van der Waals surface area contributed by atoms with E-state index in [-0.39, 0.29) is 18.8 Å². The van der Waals surface area contributed by atoms with Crippen molar-refractivity contribution in [2.75, 3.05) is 0 Å². The van der Waals surface area contributed by atoms with E-state index in [0.717, 1.165) is 6.42 Å². The zero-order chi connectivity index (χ0) is 17.3. The Balaban J connectivity index is 4.67. The third kappa shape index (κ3) is 8.49. The largest absolute Gasteiger partial charge is 0.481 e. The van der Waals surface area contributed by atoms with Crippen molar-refractivity contribution in [3.63, 3.8) is 0 Å². The first-order chi connectivity index (χ1) is 10.1. The Kier molecular flexibility index (Phi) is 8.52. The fraction of sp³-hybridized carbons (Fsp3) is 0.800. The summed E-state index contributed by atoms with van der Waals surface area (Å²) in [7, 11) is 0. The molecule has 0 aromatic carbocycles. The molecule has 0 bridgehead atoms. The molecule has 7 nitrogen and oxygen atoms in total. The molecule has 1 amide bonds. The van der Waals surface area contributed by atoms with Gasteiger partial charge in [-0.15, -0.1) is 0 Å². The summed E-state index contributed by atoms with van der Waals surface area (Å²) in [5.41, 5.74) is -0.924. The molecule has 2 N–H and O–H groups in total. The standard InChI is InChI=1S/C15H27NO6/c1-6-10(3)8-15(5,9-12(17)18)16-14(20)22-11(4)21-13(19)7-2/h10-11H,6-9H2,1-5H3,(H,16,20)(H,17,18)/t10-,11+,15+/m1/s1. The van der Waals surface area contributed by atoms with Crippen LogP contribution in [0.3, 0.4) is 0 Å². The summed E-state index contributed by atoms with van der Waals surface area (Å²) >= 11 is 0. The Bertz CT molecular complexity index is 397. The SMILES string of the molecule is CCC(=O)O[C@H](C)OC(=O)N[C@](C)(CC(=O)O)C[C@H](C)CC. The average molecular weight is 317 g/mol. The van der Waals surface area contributed by atoms with Gasteiger partial charge in [-0.25, -0.2) is 4.79 Å². The van der Waals surface area contributed by atoms with Crippen molar-refractivity contribution in [2.24, 2.45) is 5.92 Å². The fourth-order valence-electron chi connectivity index (χ4n) is 2.13. The third-order valence-electron chi connectivity index (χ3n) is 3.30. The lowest BCUT2D eigenvalue weighted by Gasteiger charge is -2.31. The van der Waals surface area contributed by atoms with E-state index in [0.29, 0.717) is 6.42 Å². The lowest BCUT2D eigenvalue weighted by molar-refractivity contribution is -0.164. The Hall–Kier alpha value is -1.79. The van der Waals surface area contributed by atoms with Gasteiger partial charge in [-0.1, -0.05) is 27.2 Å². The van der Waals surface area contributed by atoms with Crippen LogP contribution < -0.4 is 5.32 Å². The van der Waals surface area contributed by atoms with Gasteiger partial charge < -0.3 is 19.9 Å². The van der Waals surface area contributed by atoms with Crippen LogP contribution in [0.4, 0.5) is 4.79 Å². The smallest absolute Gasteiger partial charge is 0.410 e. The van der Waals surface area contributed by atoms with Crippen molar-refractivity contribution in [3.8, 4) is 0 Å². The number of carboxylic acid groups (broad SMARTS) is 1. The number of rotatable bonds is 9. The monoisotopic (exact) mass is 317 g/mol. The Morgan fingerprint density at radius 3 is 2.23 bits per heavy atom. The molecule has 0 fully saturated rings. The van der Waals surface area contributed by atoms with E-state index in [2.05, 4.69) is 5.32 Å². The molecule has 0 rings (SSSR count). The van der Waals surface area contributed by atoms with Crippen LogP contribution in [-0.4, -0.2) is 35.0 Å². The van der Waals surface area contributed by atoms with Gasteiger partial charge in [-0.05, 0) is 19.3 Å². The average Bonchev–Trinajstić information content (AvgIpc) is 2.35. The first-order valence-electron chi connectivity index (χ1n) is 7.52. The molecule has 0 saturated carbocycles. The van der Waals surface area contributed by atoms with Crippen LogP contribution >= 0.6 is 0 Å². The van der Waals surface area contributed by atoms with E-state index in [4.69, 9.17) is 14.6 Å². The first-order valence-corrected chi connectivity index (χ1v) is 7.52. The Morgan fingerprint density at radius 2 is 1.77 bits per heavy atom. The second-order valence-electron chi connectivity index (χ2n) is 5.79. The van der Waals surface area contributed by atoms with Gasteiger partial charge in [0.25, 0.3) is 0 Å². The van der Waals surface area contributed by atoms with E-state index in [1.54, 1.807) is 13.8 Å². The van der Waals surface area contributed by atoms with Gasteiger partial charge in [0, 0.05) is 13.3 Å². The molecule has 0 aliphatic rings. The summed E-state index contributed by atoms with van der Waals surface area (Å²) in [6, 6.07) is 0. The molecule has 0 unspecified atom stereocenters. The fourth-order valence-corrected chi connectivity index (χ4v) is 2.13. The minimum Gasteiger partial charge on any atom is -0.481 e. The van der Waals surface area contributed by atoms with Crippen LogP contribution in [0.25, 0.3) is 0 Å². The number of nitrogens with one attached hydrogen (secondary N) is 1. The molecule has 0 radical (unpaired) electrons. The quantitative estimate of drug-likeness (QED) is 0.501. The van der Waals surface area contributed by atoms with E-state index in [9.17, 15) is 14.4 Å². The number of aliphatic carboxylic acids is 1. The number of amides is 1. The maximum absolute atomic E-state index is 11.9. The summed E-state index contributed by atoms with van der Waals surface area (Å²) in [6.45, 7) is 8.70. The summed E-state index contributed by atoms with van der Waals surface area (Å²) in [4.78, 5) is 34.0. The molecule has 0 heterocycles. The molecule has 0 aliphatic heterocycles. The highest BCUT2D eigenvalue weighted by molar-refractivity contribution is 5.73. The highest BCUT2D eigenvalue weighted by atomic mass is 16.7. The molecule has 3 atom stereocenters. The highest BCUT2D eigenvalue weighted by Crippen LogP contribution is 2.23. The number of hydrogen-bond acceptors (Lipinski definition) is 5. The van der Waals surface area contributed by atoms with E-state index < -0.39 is 29.9 Å². The molecule has 22 heavy (non-hydrogen) atoms. The lowest BCUT2D eigenvalue weighted by atomic mass is 9.86. The van der Waals surface area contributed by atoms with Crippen LogP contribution in [0, 0.1) is 5.92 Å². The maximum Gasteiger partial charge on any atom is 0.410 e. The minimum absolute atomic E-state index is 0.181. The number of carbonyl (C=O) groups excluding carboxylic acids is 2. The summed E-state index contributed by atoms with van der Waals surface area (Å²) in [6.07, 6.45) is -0.478. The predicted molar refractivity (Wildman–Crippen MR) is 80.2 cm³/mol. The van der Waals surface area contributed by atoms with Crippen LogP contribution in [0.2, 0.25) is 0 Å². The van der Waals surface area contributed by atoms with Gasteiger partial charge in [-0.2, -0.15) is 0 Å². The summed E-state index contributed by atoms with van der Waals surface area (Å²) in [5, 5.41) is 11.6. The van der Waals surface area contributed by atoms with Crippen molar-refractivity contribution in [1.29, 1.82) is 0 Å². The first kappa shape index (κ1) is 20.2. The molecule has 0 aliphatic carbocycles. The number of alkyl carbamates (subject to hydrolysis) is 1. The molecule has 7 heteroatoms. The second-order valence-corrected chi connectivity index (χ2v) is 5.79. The van der Waals surface area contributed by atoms with Gasteiger partial charge in [0.2, 0.25) is 6.29 Å².